The first-order chi connectivity index (χ1) is 13.5. The minimum absolute atomic E-state index is 0.0840. The average molecular weight is 438 g/mol. The van der Waals surface area contributed by atoms with Crippen LogP contribution in [0.25, 0.3) is 0 Å². The van der Waals surface area contributed by atoms with E-state index in [-0.39, 0.29) is 27.6 Å². The smallest absolute Gasteiger partial charge is 0.337 e. The fourth-order valence-electron chi connectivity index (χ4n) is 2.85. The predicted octanol–water partition coefficient (Wildman–Crippen LogP) is 1.59. The summed E-state index contributed by atoms with van der Waals surface area (Å²) in [5.74, 6) is -2.03. The Morgan fingerprint density at radius 2 is 1.69 bits per heavy atom. The molecule has 1 amide bonds. The Kier molecular flexibility index (Phi) is 5.37. The van der Waals surface area contributed by atoms with E-state index in [4.69, 9.17) is 0 Å². The lowest BCUT2D eigenvalue weighted by atomic mass is 10.2. The predicted molar refractivity (Wildman–Crippen MR) is 105 cm³/mol. The lowest BCUT2D eigenvalue weighted by Crippen LogP contribution is -2.30. The number of hydrogen-bond acceptors (Lipinski definition) is 7. The van der Waals surface area contributed by atoms with Gasteiger partial charge in [0, 0.05) is 5.69 Å². The molecule has 1 heterocycles. The number of methoxy groups -OCH3 is 1. The topological polar surface area (TPSA) is 127 Å². The summed E-state index contributed by atoms with van der Waals surface area (Å²) in [6.45, 7) is 1.52. The summed E-state index contributed by atoms with van der Waals surface area (Å²) in [4.78, 5) is 23.4. The van der Waals surface area contributed by atoms with Crippen LogP contribution >= 0.6 is 0 Å². The Bertz CT molecular complexity index is 1160. The molecule has 1 aliphatic rings. The first-order valence-electron chi connectivity index (χ1n) is 8.43. The third-order valence-electron chi connectivity index (χ3n) is 4.30. The fourth-order valence-corrected chi connectivity index (χ4v) is 5.73. The van der Waals surface area contributed by atoms with Gasteiger partial charge in [-0.15, -0.1) is 0 Å². The van der Waals surface area contributed by atoms with Gasteiger partial charge in [0.2, 0.25) is 15.9 Å². The molecule has 2 aromatic carbocycles. The van der Waals surface area contributed by atoms with E-state index in [1.807, 2.05) is 0 Å². The van der Waals surface area contributed by atoms with Crippen molar-refractivity contribution in [3.05, 3.63) is 54.1 Å². The number of anilines is 2. The highest BCUT2D eigenvalue weighted by molar-refractivity contribution is 7.94. The van der Waals surface area contributed by atoms with Crippen LogP contribution in [0.3, 0.4) is 0 Å². The molecule has 1 atom stereocenters. The number of hydrogen-bond donors (Lipinski definition) is 1. The highest BCUT2D eigenvalue weighted by Gasteiger charge is 2.41. The van der Waals surface area contributed by atoms with Crippen LogP contribution in [0.2, 0.25) is 0 Å². The molecule has 0 aromatic heterocycles. The van der Waals surface area contributed by atoms with Crippen molar-refractivity contribution < 1.29 is 31.2 Å². The highest BCUT2D eigenvalue weighted by Crippen LogP contribution is 2.29. The Balaban J connectivity index is 1.82. The van der Waals surface area contributed by atoms with Gasteiger partial charge in [0.1, 0.15) is 0 Å². The standard InChI is InChI=1S/C18H18N2O7S2/c1-12-11-28(23,24)20(17(12)21)15-7-9-16(10-8-15)29(25,26)19-14-5-3-13(4-6-14)18(22)27-2/h3-10,12,19H,11H2,1-2H3/t12-/m0/s1. The number of esters is 1. The molecule has 1 N–H and O–H groups in total. The van der Waals surface area contributed by atoms with Crippen molar-refractivity contribution in [1.82, 2.24) is 0 Å². The minimum Gasteiger partial charge on any atom is -0.465 e. The Morgan fingerprint density at radius 1 is 1.10 bits per heavy atom. The third-order valence-corrected chi connectivity index (χ3v) is 7.57. The molecule has 1 fully saturated rings. The van der Waals surface area contributed by atoms with Crippen LogP contribution in [0.4, 0.5) is 11.4 Å². The molecule has 0 saturated carbocycles. The minimum atomic E-state index is -3.96. The maximum Gasteiger partial charge on any atom is 0.337 e. The number of carbonyl (C=O) groups is 2. The van der Waals surface area contributed by atoms with Crippen LogP contribution in [0.15, 0.2) is 53.4 Å². The van der Waals surface area contributed by atoms with Crippen LogP contribution in [0, 0.1) is 5.92 Å². The lowest BCUT2D eigenvalue weighted by Gasteiger charge is -2.16. The molecule has 9 nitrogen and oxygen atoms in total. The molecular formula is C18H18N2O7S2. The number of ether oxygens (including phenoxy) is 1. The molecule has 3 rings (SSSR count). The zero-order valence-corrected chi connectivity index (χ0v) is 17.2. The van der Waals surface area contributed by atoms with Crippen molar-refractivity contribution in [2.45, 2.75) is 11.8 Å². The van der Waals surface area contributed by atoms with Gasteiger partial charge in [-0.2, -0.15) is 0 Å². The van der Waals surface area contributed by atoms with Crippen molar-refractivity contribution in [1.29, 1.82) is 0 Å². The number of amides is 1. The van der Waals surface area contributed by atoms with Crippen LogP contribution in [0.5, 0.6) is 0 Å². The largest absolute Gasteiger partial charge is 0.465 e. The van der Waals surface area contributed by atoms with Gasteiger partial charge in [-0.1, -0.05) is 6.92 Å². The maximum atomic E-state index is 12.6. The molecule has 0 spiro atoms. The number of carbonyl (C=O) groups excluding carboxylic acids is 2. The van der Waals surface area contributed by atoms with E-state index < -0.39 is 37.8 Å². The van der Waals surface area contributed by atoms with Gasteiger partial charge in [-0.05, 0) is 48.5 Å². The van der Waals surface area contributed by atoms with E-state index in [9.17, 15) is 26.4 Å². The number of nitrogens with zero attached hydrogens (tertiary/aromatic N) is 1. The number of nitrogens with one attached hydrogen (secondary N) is 1. The quantitative estimate of drug-likeness (QED) is 0.702. The summed E-state index contributed by atoms with van der Waals surface area (Å²) < 4.78 is 57.0. The van der Waals surface area contributed by atoms with Gasteiger partial charge in [0.05, 0.1) is 34.9 Å². The molecule has 0 unspecified atom stereocenters. The molecular weight excluding hydrogens is 420 g/mol. The fraction of sp³-hybridized carbons (Fsp3) is 0.222. The molecule has 1 aliphatic heterocycles. The van der Waals surface area contributed by atoms with E-state index in [2.05, 4.69) is 9.46 Å². The SMILES string of the molecule is COC(=O)c1ccc(NS(=O)(=O)c2ccc(N3C(=O)[C@@H](C)CS3(=O)=O)cc2)cc1. The van der Waals surface area contributed by atoms with Crippen molar-refractivity contribution >= 4 is 43.3 Å². The number of rotatable bonds is 5. The highest BCUT2D eigenvalue weighted by atomic mass is 32.2. The molecule has 29 heavy (non-hydrogen) atoms. The summed E-state index contributed by atoms with van der Waals surface area (Å²) in [7, 11) is -6.49. The summed E-state index contributed by atoms with van der Waals surface area (Å²) in [6, 6.07) is 10.6. The second-order valence-electron chi connectivity index (χ2n) is 6.45. The van der Waals surface area contributed by atoms with Crippen molar-refractivity contribution in [3.63, 3.8) is 0 Å². The molecule has 0 radical (unpaired) electrons. The van der Waals surface area contributed by atoms with E-state index in [1.54, 1.807) is 0 Å². The molecule has 0 aliphatic carbocycles. The van der Waals surface area contributed by atoms with Crippen LogP contribution < -0.4 is 9.03 Å². The molecule has 154 valence electrons. The van der Waals surface area contributed by atoms with Crippen molar-refractivity contribution in [2.24, 2.45) is 5.92 Å². The van der Waals surface area contributed by atoms with Crippen molar-refractivity contribution in [3.8, 4) is 0 Å². The third kappa shape index (κ3) is 4.10. The Hall–Kier alpha value is -2.92. The average Bonchev–Trinajstić information content (AvgIpc) is 2.88. The Labute approximate surface area is 168 Å². The second-order valence-corrected chi connectivity index (χ2v) is 10.00. The molecule has 0 bridgehead atoms. The van der Waals surface area contributed by atoms with Gasteiger partial charge in [-0.25, -0.2) is 25.9 Å². The first kappa shape index (κ1) is 20.8. The van der Waals surface area contributed by atoms with Gasteiger partial charge in [0.15, 0.2) is 0 Å². The van der Waals surface area contributed by atoms with E-state index in [1.165, 1.54) is 62.6 Å². The molecule has 1 saturated heterocycles. The summed E-state index contributed by atoms with van der Waals surface area (Å²) >= 11 is 0. The zero-order chi connectivity index (χ0) is 21.4. The van der Waals surface area contributed by atoms with Gasteiger partial charge >= 0.3 is 5.97 Å². The monoisotopic (exact) mass is 438 g/mol. The second kappa shape index (κ2) is 7.48. The van der Waals surface area contributed by atoms with Crippen molar-refractivity contribution in [2.75, 3.05) is 21.9 Å². The maximum absolute atomic E-state index is 12.6. The van der Waals surface area contributed by atoms with E-state index >= 15 is 0 Å². The number of sulfonamides is 2. The van der Waals surface area contributed by atoms with E-state index in [0.717, 1.165) is 0 Å². The van der Waals surface area contributed by atoms with Gasteiger partial charge in [-0.3, -0.25) is 9.52 Å². The normalized spacial score (nSPS) is 18.5. The number of benzene rings is 2. The zero-order valence-electron chi connectivity index (χ0n) is 15.5. The first-order valence-corrected chi connectivity index (χ1v) is 11.5. The lowest BCUT2D eigenvalue weighted by molar-refractivity contribution is -0.119. The van der Waals surface area contributed by atoms with Crippen LogP contribution in [0.1, 0.15) is 17.3 Å². The molecule has 11 heteroatoms. The van der Waals surface area contributed by atoms with Gasteiger partial charge < -0.3 is 4.74 Å². The molecule has 2 aromatic rings. The summed E-state index contributed by atoms with van der Waals surface area (Å²) in [5.41, 5.74) is 0.583. The Morgan fingerprint density at radius 3 is 2.17 bits per heavy atom. The van der Waals surface area contributed by atoms with E-state index in [0.29, 0.717) is 4.31 Å². The van der Waals surface area contributed by atoms with Gasteiger partial charge in [0.25, 0.3) is 10.0 Å². The summed E-state index contributed by atoms with van der Waals surface area (Å²) in [5, 5.41) is 0. The van der Waals surface area contributed by atoms with Crippen LogP contribution in [-0.2, 0) is 29.6 Å². The summed E-state index contributed by atoms with van der Waals surface area (Å²) in [6.07, 6.45) is 0. The van der Waals surface area contributed by atoms with Crippen LogP contribution in [-0.4, -0.2) is 41.6 Å².